The van der Waals surface area contributed by atoms with Crippen molar-refractivity contribution in [3.05, 3.63) is 65.2 Å². The summed E-state index contributed by atoms with van der Waals surface area (Å²) >= 11 is 0. The summed E-state index contributed by atoms with van der Waals surface area (Å²) in [5.74, 6) is -0.396. The molecule has 35 heavy (non-hydrogen) atoms. The van der Waals surface area contributed by atoms with Crippen molar-refractivity contribution in [3.63, 3.8) is 0 Å². The molecule has 7 nitrogen and oxygen atoms in total. The van der Waals surface area contributed by atoms with Crippen LogP contribution in [-0.2, 0) is 32.6 Å². The van der Waals surface area contributed by atoms with Crippen LogP contribution in [0.15, 0.2) is 48.5 Å². The minimum absolute atomic E-state index is 0.209. The SMILES string of the molecule is CCc1ccc(N(CC(=O)N(Cc2cccc(C)c2)[C@H](CC)C(=O)NCC(C)C)S(C)(=O)=O)cc1. The molecule has 2 aromatic carbocycles. The summed E-state index contributed by atoms with van der Waals surface area (Å²) in [7, 11) is -3.73. The molecule has 0 aliphatic heterocycles. The van der Waals surface area contributed by atoms with E-state index < -0.39 is 22.0 Å². The first kappa shape index (κ1) is 28.4. The first-order chi connectivity index (χ1) is 16.5. The van der Waals surface area contributed by atoms with Crippen molar-refractivity contribution in [2.24, 2.45) is 5.92 Å². The molecule has 0 saturated carbocycles. The molecule has 1 N–H and O–H groups in total. The maximum Gasteiger partial charge on any atom is 0.244 e. The zero-order chi connectivity index (χ0) is 26.2. The van der Waals surface area contributed by atoms with Gasteiger partial charge in [0, 0.05) is 13.1 Å². The second-order valence-electron chi connectivity index (χ2n) is 9.36. The highest BCUT2D eigenvalue weighted by Gasteiger charge is 2.31. The molecular formula is C27H39N3O4S. The second-order valence-corrected chi connectivity index (χ2v) is 11.3. The van der Waals surface area contributed by atoms with Crippen LogP contribution < -0.4 is 9.62 Å². The van der Waals surface area contributed by atoms with E-state index in [1.165, 1.54) is 4.90 Å². The average Bonchev–Trinajstić information content (AvgIpc) is 2.80. The molecule has 192 valence electrons. The molecule has 2 rings (SSSR count). The Kier molecular flexibility index (Phi) is 10.3. The van der Waals surface area contributed by atoms with E-state index >= 15 is 0 Å². The van der Waals surface area contributed by atoms with Crippen molar-refractivity contribution in [2.75, 3.05) is 23.7 Å². The summed E-state index contributed by atoms with van der Waals surface area (Å²) in [4.78, 5) is 28.2. The zero-order valence-corrected chi connectivity index (χ0v) is 22.6. The van der Waals surface area contributed by atoms with Gasteiger partial charge in [-0.05, 0) is 48.9 Å². The molecule has 2 aromatic rings. The van der Waals surface area contributed by atoms with Crippen molar-refractivity contribution >= 4 is 27.5 Å². The van der Waals surface area contributed by atoms with Crippen LogP contribution in [0, 0.1) is 12.8 Å². The monoisotopic (exact) mass is 501 g/mol. The summed E-state index contributed by atoms with van der Waals surface area (Å²) in [5, 5.41) is 2.93. The van der Waals surface area contributed by atoms with Crippen LogP contribution in [0.25, 0.3) is 0 Å². The van der Waals surface area contributed by atoms with Gasteiger partial charge in [0.1, 0.15) is 12.6 Å². The molecule has 1 atom stereocenters. The molecule has 2 amide bonds. The molecule has 0 fully saturated rings. The van der Waals surface area contributed by atoms with Crippen LogP contribution in [0.2, 0.25) is 0 Å². The summed E-state index contributed by atoms with van der Waals surface area (Å²) in [6, 6.07) is 14.2. The fourth-order valence-electron chi connectivity index (χ4n) is 3.86. The minimum Gasteiger partial charge on any atom is -0.354 e. The lowest BCUT2D eigenvalue weighted by atomic mass is 10.1. The van der Waals surface area contributed by atoms with Gasteiger partial charge in [-0.1, -0.05) is 69.7 Å². The van der Waals surface area contributed by atoms with Gasteiger partial charge in [-0.3, -0.25) is 13.9 Å². The Morgan fingerprint density at radius 3 is 2.17 bits per heavy atom. The number of aryl methyl sites for hydroxylation is 2. The molecule has 0 radical (unpaired) electrons. The lowest BCUT2D eigenvalue weighted by molar-refractivity contribution is -0.140. The number of nitrogens with one attached hydrogen (secondary N) is 1. The van der Waals surface area contributed by atoms with E-state index in [1.54, 1.807) is 12.1 Å². The van der Waals surface area contributed by atoms with Crippen LogP contribution in [0.3, 0.4) is 0 Å². The van der Waals surface area contributed by atoms with Gasteiger partial charge in [0.25, 0.3) is 0 Å². The Bertz CT molecular complexity index is 1100. The van der Waals surface area contributed by atoms with Crippen molar-refractivity contribution < 1.29 is 18.0 Å². The standard InChI is InChI=1S/C27H39N3O4S/c1-7-22-12-14-24(15-13-22)30(35(6,33)34)19-26(31)29(18-23-11-9-10-21(5)16-23)25(8-2)27(32)28-17-20(3)4/h9-16,20,25H,7-8,17-19H2,1-6H3,(H,28,32)/t25-/m1/s1. The lowest BCUT2D eigenvalue weighted by Crippen LogP contribution is -2.52. The first-order valence-corrected chi connectivity index (χ1v) is 14.0. The molecule has 0 aromatic heterocycles. The number of carbonyl (C=O) groups is 2. The number of nitrogens with zero attached hydrogens (tertiary/aromatic N) is 2. The number of benzene rings is 2. The van der Waals surface area contributed by atoms with Gasteiger partial charge in [0.05, 0.1) is 11.9 Å². The van der Waals surface area contributed by atoms with Crippen LogP contribution >= 0.6 is 0 Å². The lowest BCUT2D eigenvalue weighted by Gasteiger charge is -2.33. The molecule has 0 bridgehead atoms. The molecule has 8 heteroatoms. The largest absolute Gasteiger partial charge is 0.354 e. The van der Waals surface area contributed by atoms with Gasteiger partial charge >= 0.3 is 0 Å². The molecule has 0 saturated heterocycles. The maximum absolute atomic E-state index is 13.7. The number of carbonyl (C=O) groups excluding carboxylic acids is 2. The van der Waals surface area contributed by atoms with E-state index in [-0.39, 0.29) is 24.9 Å². The number of rotatable bonds is 12. The van der Waals surface area contributed by atoms with Gasteiger partial charge in [0.15, 0.2) is 0 Å². The van der Waals surface area contributed by atoms with Gasteiger partial charge in [-0.15, -0.1) is 0 Å². The zero-order valence-electron chi connectivity index (χ0n) is 21.7. The highest BCUT2D eigenvalue weighted by molar-refractivity contribution is 7.92. The van der Waals surface area contributed by atoms with Gasteiger partial charge < -0.3 is 10.2 Å². The van der Waals surface area contributed by atoms with Crippen LogP contribution in [0.4, 0.5) is 5.69 Å². The number of hydrogen-bond acceptors (Lipinski definition) is 4. The van der Waals surface area contributed by atoms with Crippen molar-refractivity contribution in [3.8, 4) is 0 Å². The average molecular weight is 502 g/mol. The molecule has 0 spiro atoms. The number of sulfonamides is 1. The van der Waals surface area contributed by atoms with E-state index in [1.807, 2.05) is 71.0 Å². The topological polar surface area (TPSA) is 86.8 Å². The molecular weight excluding hydrogens is 462 g/mol. The Balaban J connectivity index is 2.41. The summed E-state index contributed by atoms with van der Waals surface area (Å²) in [5.41, 5.74) is 3.42. The third-order valence-electron chi connectivity index (χ3n) is 5.82. The predicted octanol–water partition coefficient (Wildman–Crippen LogP) is 3.90. The summed E-state index contributed by atoms with van der Waals surface area (Å²) in [6.45, 7) is 10.2. The summed E-state index contributed by atoms with van der Waals surface area (Å²) < 4.78 is 26.5. The van der Waals surface area contributed by atoms with Crippen molar-refractivity contribution in [2.45, 2.75) is 60.0 Å². The van der Waals surface area contributed by atoms with E-state index in [0.29, 0.717) is 18.7 Å². The van der Waals surface area contributed by atoms with Crippen LogP contribution in [-0.4, -0.2) is 50.5 Å². The quantitative estimate of drug-likeness (QED) is 0.478. The summed E-state index contributed by atoms with van der Waals surface area (Å²) in [6.07, 6.45) is 2.32. The normalized spacial score (nSPS) is 12.3. The maximum atomic E-state index is 13.7. The predicted molar refractivity (Wildman–Crippen MR) is 142 cm³/mol. The van der Waals surface area contributed by atoms with Crippen LogP contribution in [0.5, 0.6) is 0 Å². The molecule has 0 aliphatic carbocycles. The van der Waals surface area contributed by atoms with E-state index in [4.69, 9.17) is 0 Å². The Morgan fingerprint density at radius 1 is 1.00 bits per heavy atom. The highest BCUT2D eigenvalue weighted by atomic mass is 32.2. The molecule has 0 unspecified atom stereocenters. The van der Waals surface area contributed by atoms with Crippen LogP contribution in [0.1, 0.15) is 50.8 Å². The first-order valence-electron chi connectivity index (χ1n) is 12.2. The van der Waals surface area contributed by atoms with Crippen molar-refractivity contribution in [1.82, 2.24) is 10.2 Å². The smallest absolute Gasteiger partial charge is 0.244 e. The number of hydrogen-bond donors (Lipinski definition) is 1. The fraction of sp³-hybridized carbons (Fsp3) is 0.481. The molecule has 0 heterocycles. The number of anilines is 1. The Hall–Kier alpha value is -2.87. The van der Waals surface area contributed by atoms with Gasteiger partial charge in [-0.2, -0.15) is 0 Å². The third-order valence-corrected chi connectivity index (χ3v) is 6.96. The van der Waals surface area contributed by atoms with Gasteiger partial charge in [-0.25, -0.2) is 8.42 Å². The Morgan fingerprint density at radius 2 is 1.66 bits per heavy atom. The Labute approximate surface area is 210 Å². The second kappa shape index (κ2) is 12.7. The minimum atomic E-state index is -3.73. The van der Waals surface area contributed by atoms with E-state index in [9.17, 15) is 18.0 Å². The van der Waals surface area contributed by atoms with E-state index in [0.717, 1.165) is 33.7 Å². The van der Waals surface area contributed by atoms with Gasteiger partial charge in [0.2, 0.25) is 21.8 Å². The molecule has 0 aliphatic rings. The highest BCUT2D eigenvalue weighted by Crippen LogP contribution is 2.21. The third kappa shape index (κ3) is 8.38. The van der Waals surface area contributed by atoms with Crippen molar-refractivity contribution in [1.29, 1.82) is 0 Å². The van der Waals surface area contributed by atoms with E-state index in [2.05, 4.69) is 5.32 Å². The number of amides is 2. The fourth-order valence-corrected chi connectivity index (χ4v) is 4.71.